The number of aromatic nitrogens is 1. The predicted molar refractivity (Wildman–Crippen MR) is 123 cm³/mol. The van der Waals surface area contributed by atoms with Crippen molar-refractivity contribution in [3.05, 3.63) is 77.4 Å². The van der Waals surface area contributed by atoms with Gasteiger partial charge >= 0.3 is 5.97 Å². The summed E-state index contributed by atoms with van der Waals surface area (Å²) in [5.41, 5.74) is 8.89. The molecule has 1 aliphatic rings. The standard InChI is InChI=1S/C25H27FN4O3/c1-16(19-7-8-21(22(26)13-19)17-5-3-2-4-6-17)23-14-20(29-33-23)15-28-25(27)30-11-9-18(10-12-30)24(31)32/h2-8,13-14,16,18H,9-12,15H2,1H3,(H2,27,28)(H,31,32). The Hall–Kier alpha value is -3.68. The molecule has 172 valence electrons. The van der Waals surface area contributed by atoms with Crippen LogP contribution in [0, 0.1) is 11.7 Å². The molecule has 1 unspecified atom stereocenters. The van der Waals surface area contributed by atoms with Gasteiger partial charge in [-0.2, -0.15) is 0 Å². The van der Waals surface area contributed by atoms with E-state index < -0.39 is 5.97 Å². The monoisotopic (exact) mass is 450 g/mol. The van der Waals surface area contributed by atoms with E-state index in [-0.39, 0.29) is 24.2 Å². The van der Waals surface area contributed by atoms with Crippen LogP contribution in [0.4, 0.5) is 4.39 Å². The fourth-order valence-corrected chi connectivity index (χ4v) is 4.04. The molecule has 7 nitrogen and oxygen atoms in total. The molecule has 1 aromatic heterocycles. The molecule has 0 spiro atoms. The van der Waals surface area contributed by atoms with Gasteiger partial charge in [-0.1, -0.05) is 54.5 Å². The molecule has 2 aromatic carbocycles. The summed E-state index contributed by atoms with van der Waals surface area (Å²) in [7, 11) is 0. The molecule has 0 saturated carbocycles. The number of aliphatic carboxylic acids is 1. The Morgan fingerprint density at radius 2 is 1.97 bits per heavy atom. The third kappa shape index (κ3) is 5.22. The van der Waals surface area contributed by atoms with Crippen LogP contribution in [0.15, 0.2) is 64.1 Å². The molecule has 0 radical (unpaired) electrons. The second kappa shape index (κ2) is 9.85. The van der Waals surface area contributed by atoms with Gasteiger partial charge in [0.05, 0.1) is 12.5 Å². The molecule has 1 fully saturated rings. The number of carboxylic acid groups (broad SMARTS) is 1. The number of guanidine groups is 1. The van der Waals surface area contributed by atoms with Crippen LogP contribution < -0.4 is 5.73 Å². The molecule has 1 saturated heterocycles. The van der Waals surface area contributed by atoms with Gasteiger partial charge in [-0.05, 0) is 30.0 Å². The molecular weight excluding hydrogens is 423 g/mol. The summed E-state index contributed by atoms with van der Waals surface area (Å²) >= 11 is 0. The van der Waals surface area contributed by atoms with Crippen LogP contribution in [0.1, 0.15) is 42.7 Å². The highest BCUT2D eigenvalue weighted by atomic mass is 19.1. The zero-order valence-corrected chi connectivity index (χ0v) is 18.4. The van der Waals surface area contributed by atoms with Gasteiger partial charge in [0.25, 0.3) is 0 Å². The molecule has 4 rings (SSSR count). The number of nitrogens with two attached hydrogens (primary N) is 1. The number of carboxylic acids is 1. The smallest absolute Gasteiger partial charge is 0.306 e. The van der Waals surface area contributed by atoms with Gasteiger partial charge in [-0.15, -0.1) is 0 Å². The second-order valence-corrected chi connectivity index (χ2v) is 8.32. The summed E-state index contributed by atoms with van der Waals surface area (Å²) in [5.74, 6) is -0.552. The Bertz CT molecular complexity index is 1140. The number of nitrogens with zero attached hydrogens (tertiary/aromatic N) is 3. The Balaban J connectivity index is 1.39. The summed E-state index contributed by atoms with van der Waals surface area (Å²) in [5, 5.41) is 13.2. The Labute approximate surface area is 191 Å². The highest BCUT2D eigenvalue weighted by molar-refractivity contribution is 5.78. The van der Waals surface area contributed by atoms with Gasteiger partial charge in [0.1, 0.15) is 17.3 Å². The van der Waals surface area contributed by atoms with Crippen molar-refractivity contribution < 1.29 is 18.8 Å². The first kappa shape index (κ1) is 22.5. The number of hydrogen-bond donors (Lipinski definition) is 2. The summed E-state index contributed by atoms with van der Waals surface area (Å²) in [6.07, 6.45) is 1.10. The van der Waals surface area contributed by atoms with Gasteiger partial charge in [0, 0.05) is 30.6 Å². The van der Waals surface area contributed by atoms with Crippen molar-refractivity contribution in [1.82, 2.24) is 10.1 Å². The molecule has 2 heterocycles. The lowest BCUT2D eigenvalue weighted by molar-refractivity contribution is -0.143. The van der Waals surface area contributed by atoms with E-state index in [0.29, 0.717) is 48.9 Å². The fourth-order valence-electron chi connectivity index (χ4n) is 4.04. The molecular formula is C25H27FN4O3. The number of likely N-dealkylation sites (tertiary alicyclic amines) is 1. The van der Waals surface area contributed by atoms with E-state index in [0.717, 1.165) is 11.1 Å². The zero-order valence-electron chi connectivity index (χ0n) is 18.4. The lowest BCUT2D eigenvalue weighted by Crippen LogP contribution is -2.44. The first-order chi connectivity index (χ1) is 15.9. The van der Waals surface area contributed by atoms with Crippen molar-refractivity contribution in [1.29, 1.82) is 0 Å². The van der Waals surface area contributed by atoms with Gasteiger partial charge < -0.3 is 20.3 Å². The van der Waals surface area contributed by atoms with Crippen LogP contribution in [0.25, 0.3) is 11.1 Å². The SMILES string of the molecule is CC(c1ccc(-c2ccccc2)c(F)c1)c1cc(C/N=C(\N)N2CCC(C(=O)O)CC2)no1. The molecule has 3 N–H and O–H groups in total. The van der Waals surface area contributed by atoms with E-state index in [1.165, 1.54) is 6.07 Å². The normalized spacial score (nSPS) is 16.1. The summed E-state index contributed by atoms with van der Waals surface area (Å²) < 4.78 is 20.2. The van der Waals surface area contributed by atoms with Crippen molar-refractivity contribution >= 4 is 11.9 Å². The molecule has 0 bridgehead atoms. The highest BCUT2D eigenvalue weighted by Gasteiger charge is 2.25. The Kier molecular flexibility index (Phi) is 6.72. The number of aliphatic imine (C=N–C) groups is 1. The van der Waals surface area contributed by atoms with Crippen molar-refractivity contribution in [2.75, 3.05) is 13.1 Å². The quantitative estimate of drug-likeness (QED) is 0.430. The van der Waals surface area contributed by atoms with Gasteiger partial charge in [0.2, 0.25) is 0 Å². The largest absolute Gasteiger partial charge is 0.481 e. The minimum Gasteiger partial charge on any atom is -0.481 e. The molecule has 1 atom stereocenters. The molecule has 8 heteroatoms. The second-order valence-electron chi connectivity index (χ2n) is 8.32. The third-order valence-electron chi connectivity index (χ3n) is 6.15. The lowest BCUT2D eigenvalue weighted by atomic mass is 9.95. The fraction of sp³-hybridized carbons (Fsp3) is 0.320. The maximum Gasteiger partial charge on any atom is 0.306 e. The maximum atomic E-state index is 14.8. The highest BCUT2D eigenvalue weighted by Crippen LogP contribution is 2.30. The summed E-state index contributed by atoms with van der Waals surface area (Å²) in [6, 6.07) is 16.5. The molecule has 3 aromatic rings. The van der Waals surface area contributed by atoms with Gasteiger partial charge in [-0.25, -0.2) is 9.38 Å². The maximum absolute atomic E-state index is 14.8. The summed E-state index contributed by atoms with van der Waals surface area (Å²) in [4.78, 5) is 17.4. The average molecular weight is 451 g/mol. The first-order valence-corrected chi connectivity index (χ1v) is 11.0. The van der Waals surface area contributed by atoms with Crippen LogP contribution in [0.5, 0.6) is 0 Å². The number of benzene rings is 2. The van der Waals surface area contributed by atoms with E-state index in [1.54, 1.807) is 12.1 Å². The average Bonchev–Trinajstić information content (AvgIpc) is 3.31. The summed E-state index contributed by atoms with van der Waals surface area (Å²) in [6.45, 7) is 3.32. The van der Waals surface area contributed by atoms with E-state index in [1.807, 2.05) is 48.2 Å². The Morgan fingerprint density at radius 3 is 2.64 bits per heavy atom. The zero-order chi connectivity index (χ0) is 23.4. The topological polar surface area (TPSA) is 105 Å². The van der Waals surface area contributed by atoms with Crippen LogP contribution in [0.2, 0.25) is 0 Å². The van der Waals surface area contributed by atoms with Crippen LogP contribution in [0.3, 0.4) is 0 Å². The van der Waals surface area contributed by atoms with E-state index >= 15 is 0 Å². The number of carbonyl (C=O) groups is 1. The van der Waals surface area contributed by atoms with E-state index in [9.17, 15) is 9.18 Å². The van der Waals surface area contributed by atoms with E-state index in [2.05, 4.69) is 10.1 Å². The first-order valence-electron chi connectivity index (χ1n) is 11.0. The number of rotatable bonds is 6. The molecule has 0 aliphatic carbocycles. The van der Waals surface area contributed by atoms with Crippen molar-refractivity contribution in [2.24, 2.45) is 16.6 Å². The van der Waals surface area contributed by atoms with Crippen LogP contribution >= 0.6 is 0 Å². The molecule has 33 heavy (non-hydrogen) atoms. The minimum absolute atomic E-state index is 0.179. The Morgan fingerprint density at radius 1 is 1.24 bits per heavy atom. The van der Waals surface area contributed by atoms with E-state index in [4.69, 9.17) is 15.4 Å². The lowest BCUT2D eigenvalue weighted by Gasteiger charge is -2.30. The van der Waals surface area contributed by atoms with Crippen molar-refractivity contribution in [2.45, 2.75) is 32.2 Å². The minimum atomic E-state index is -0.760. The number of hydrogen-bond acceptors (Lipinski definition) is 4. The van der Waals surface area contributed by atoms with Gasteiger partial charge in [-0.3, -0.25) is 4.79 Å². The van der Waals surface area contributed by atoms with Gasteiger partial charge in [0.15, 0.2) is 5.96 Å². The molecule has 0 amide bonds. The number of piperidine rings is 1. The molecule has 1 aliphatic heterocycles. The van der Waals surface area contributed by atoms with Crippen molar-refractivity contribution in [3.63, 3.8) is 0 Å². The number of halogens is 1. The van der Waals surface area contributed by atoms with Crippen LogP contribution in [-0.4, -0.2) is 40.2 Å². The predicted octanol–water partition coefficient (Wildman–Crippen LogP) is 4.24. The van der Waals surface area contributed by atoms with Crippen LogP contribution in [-0.2, 0) is 11.3 Å². The van der Waals surface area contributed by atoms with Crippen molar-refractivity contribution in [3.8, 4) is 11.1 Å². The third-order valence-corrected chi connectivity index (χ3v) is 6.15.